The minimum Gasteiger partial charge on any atom is -0.352 e. The maximum Gasteiger partial charge on any atom is 0.253 e. The third-order valence-electron chi connectivity index (χ3n) is 3.92. The first kappa shape index (κ1) is 21.4. The second-order valence-electron chi connectivity index (χ2n) is 5.54. The molecular formula is C17H28ClN3O2. The third kappa shape index (κ3) is 6.20. The van der Waals surface area contributed by atoms with Crippen LogP contribution in [0, 0.1) is 5.92 Å². The molecule has 1 aromatic rings. The summed E-state index contributed by atoms with van der Waals surface area (Å²) in [5.74, 6) is -0.243. The van der Waals surface area contributed by atoms with E-state index in [0.717, 1.165) is 5.56 Å². The topological polar surface area (TPSA) is 75.4 Å². The fraction of sp³-hybridized carbons (Fsp3) is 0.529. The molecule has 0 saturated heterocycles. The van der Waals surface area contributed by atoms with Crippen LogP contribution in [-0.2, 0) is 11.3 Å². The minimum absolute atomic E-state index is 0. The average molecular weight is 342 g/mol. The molecule has 6 heteroatoms. The van der Waals surface area contributed by atoms with E-state index in [-0.39, 0.29) is 36.2 Å². The number of nitrogens with two attached hydrogens (primary N) is 1. The summed E-state index contributed by atoms with van der Waals surface area (Å²) >= 11 is 0. The summed E-state index contributed by atoms with van der Waals surface area (Å²) in [6.45, 7) is 9.39. The van der Waals surface area contributed by atoms with Gasteiger partial charge in [0.05, 0.1) is 0 Å². The molecule has 0 spiro atoms. The molecule has 2 amide bonds. The molecule has 0 saturated carbocycles. The number of hydrogen-bond acceptors (Lipinski definition) is 3. The number of hydrogen-bond donors (Lipinski definition) is 2. The van der Waals surface area contributed by atoms with Crippen LogP contribution in [0.15, 0.2) is 24.3 Å². The summed E-state index contributed by atoms with van der Waals surface area (Å²) in [6.07, 6.45) is 0. The Kier molecular flexibility index (Phi) is 9.53. The summed E-state index contributed by atoms with van der Waals surface area (Å²) in [6, 6.07) is 7.17. The number of halogens is 1. The van der Waals surface area contributed by atoms with Crippen molar-refractivity contribution < 1.29 is 9.59 Å². The van der Waals surface area contributed by atoms with Crippen LogP contribution in [0.3, 0.4) is 0 Å². The van der Waals surface area contributed by atoms with Crippen LogP contribution in [0.5, 0.6) is 0 Å². The Morgan fingerprint density at radius 2 is 1.65 bits per heavy atom. The molecule has 0 heterocycles. The molecule has 0 aliphatic heterocycles. The highest BCUT2D eigenvalue weighted by Gasteiger charge is 2.16. The van der Waals surface area contributed by atoms with Crippen molar-refractivity contribution in [3.63, 3.8) is 0 Å². The lowest BCUT2D eigenvalue weighted by Crippen LogP contribution is -2.38. The van der Waals surface area contributed by atoms with Crippen molar-refractivity contribution in [2.45, 2.75) is 40.3 Å². The molecule has 5 nitrogen and oxygen atoms in total. The molecule has 0 aromatic heterocycles. The number of carbonyl (C=O) groups excluding carboxylic acids is 2. The van der Waals surface area contributed by atoms with Gasteiger partial charge >= 0.3 is 0 Å². The SMILES string of the molecule is CCN(CC)C(=O)c1ccc(CNC(=O)C(C)C(C)N)cc1.Cl. The van der Waals surface area contributed by atoms with E-state index >= 15 is 0 Å². The number of nitrogens with zero attached hydrogens (tertiary/aromatic N) is 1. The van der Waals surface area contributed by atoms with Crippen molar-refractivity contribution in [3.05, 3.63) is 35.4 Å². The molecular weight excluding hydrogens is 314 g/mol. The van der Waals surface area contributed by atoms with Crippen molar-refractivity contribution in [3.8, 4) is 0 Å². The third-order valence-corrected chi connectivity index (χ3v) is 3.92. The van der Waals surface area contributed by atoms with Crippen molar-refractivity contribution in [2.24, 2.45) is 11.7 Å². The Labute approximate surface area is 145 Å². The molecule has 1 aromatic carbocycles. The van der Waals surface area contributed by atoms with E-state index in [2.05, 4.69) is 5.32 Å². The van der Waals surface area contributed by atoms with Gasteiger partial charge in [-0.1, -0.05) is 19.1 Å². The highest BCUT2D eigenvalue weighted by molar-refractivity contribution is 5.94. The molecule has 0 aliphatic carbocycles. The molecule has 0 fully saturated rings. The van der Waals surface area contributed by atoms with Crippen molar-refractivity contribution >= 4 is 24.2 Å². The fourth-order valence-electron chi connectivity index (χ4n) is 2.05. The summed E-state index contributed by atoms with van der Waals surface area (Å²) in [5, 5.41) is 2.86. The van der Waals surface area contributed by atoms with Crippen LogP contribution < -0.4 is 11.1 Å². The lowest BCUT2D eigenvalue weighted by molar-refractivity contribution is -0.125. The second-order valence-corrected chi connectivity index (χ2v) is 5.54. The molecule has 130 valence electrons. The molecule has 0 bridgehead atoms. The molecule has 3 N–H and O–H groups in total. The van der Waals surface area contributed by atoms with Gasteiger partial charge in [-0.05, 0) is 38.5 Å². The van der Waals surface area contributed by atoms with Gasteiger partial charge in [0.1, 0.15) is 0 Å². The van der Waals surface area contributed by atoms with Crippen LogP contribution in [0.25, 0.3) is 0 Å². The molecule has 0 radical (unpaired) electrons. The quantitative estimate of drug-likeness (QED) is 0.798. The van der Waals surface area contributed by atoms with Gasteiger partial charge in [-0.3, -0.25) is 9.59 Å². The van der Waals surface area contributed by atoms with Crippen LogP contribution in [-0.4, -0.2) is 35.8 Å². The maximum atomic E-state index is 12.2. The first-order chi connectivity index (χ1) is 10.4. The Hall–Kier alpha value is -1.59. The van der Waals surface area contributed by atoms with Gasteiger partial charge in [0.15, 0.2) is 0 Å². The standard InChI is InChI=1S/C17H27N3O2.ClH/c1-5-20(6-2)17(22)15-9-7-14(8-10-15)11-19-16(21)12(3)13(4)18;/h7-10,12-13H,5-6,11,18H2,1-4H3,(H,19,21);1H. The van der Waals surface area contributed by atoms with Crippen molar-refractivity contribution in [1.82, 2.24) is 10.2 Å². The Balaban J connectivity index is 0.00000484. The Bertz CT molecular complexity index is 499. The van der Waals surface area contributed by atoms with Crippen LogP contribution >= 0.6 is 12.4 Å². The Morgan fingerprint density at radius 3 is 2.09 bits per heavy atom. The fourth-order valence-corrected chi connectivity index (χ4v) is 2.05. The number of carbonyl (C=O) groups is 2. The normalized spacial score (nSPS) is 12.7. The van der Waals surface area contributed by atoms with E-state index in [1.54, 1.807) is 17.0 Å². The first-order valence-corrected chi connectivity index (χ1v) is 7.82. The number of rotatable bonds is 7. The number of benzene rings is 1. The van der Waals surface area contributed by atoms with Gasteiger partial charge in [0.25, 0.3) is 5.91 Å². The van der Waals surface area contributed by atoms with Gasteiger partial charge in [-0.15, -0.1) is 12.4 Å². The lowest BCUT2D eigenvalue weighted by atomic mass is 10.0. The van der Waals surface area contributed by atoms with E-state index in [1.165, 1.54) is 0 Å². The zero-order chi connectivity index (χ0) is 16.7. The van der Waals surface area contributed by atoms with Crippen LogP contribution in [0.1, 0.15) is 43.6 Å². The largest absolute Gasteiger partial charge is 0.352 e. The van der Waals surface area contributed by atoms with E-state index in [0.29, 0.717) is 25.2 Å². The smallest absolute Gasteiger partial charge is 0.253 e. The molecule has 1 rings (SSSR count). The van der Waals surface area contributed by atoms with Gasteiger partial charge in [-0.2, -0.15) is 0 Å². The number of amides is 2. The maximum absolute atomic E-state index is 12.2. The summed E-state index contributed by atoms with van der Waals surface area (Å²) in [5.41, 5.74) is 7.34. The van der Waals surface area contributed by atoms with Crippen LogP contribution in [0.2, 0.25) is 0 Å². The summed E-state index contributed by atoms with van der Waals surface area (Å²) < 4.78 is 0. The van der Waals surface area contributed by atoms with Crippen LogP contribution in [0.4, 0.5) is 0 Å². The molecule has 2 atom stereocenters. The van der Waals surface area contributed by atoms with Gasteiger partial charge in [0, 0.05) is 37.2 Å². The Morgan fingerprint density at radius 1 is 1.13 bits per heavy atom. The zero-order valence-corrected chi connectivity index (χ0v) is 15.2. The van der Waals surface area contributed by atoms with Crippen molar-refractivity contribution in [1.29, 1.82) is 0 Å². The summed E-state index contributed by atoms with van der Waals surface area (Å²) in [4.78, 5) is 25.8. The molecule has 0 aliphatic rings. The second kappa shape index (κ2) is 10.2. The van der Waals surface area contributed by atoms with E-state index in [4.69, 9.17) is 5.73 Å². The molecule has 2 unspecified atom stereocenters. The predicted octanol–water partition coefficient (Wildman–Crippen LogP) is 2.19. The van der Waals surface area contributed by atoms with E-state index < -0.39 is 0 Å². The van der Waals surface area contributed by atoms with E-state index in [9.17, 15) is 9.59 Å². The summed E-state index contributed by atoms with van der Waals surface area (Å²) in [7, 11) is 0. The lowest BCUT2D eigenvalue weighted by Gasteiger charge is -2.19. The first-order valence-electron chi connectivity index (χ1n) is 7.82. The van der Waals surface area contributed by atoms with E-state index in [1.807, 2.05) is 39.8 Å². The predicted molar refractivity (Wildman–Crippen MR) is 95.6 cm³/mol. The average Bonchev–Trinajstić information content (AvgIpc) is 2.53. The monoisotopic (exact) mass is 341 g/mol. The zero-order valence-electron chi connectivity index (χ0n) is 14.3. The van der Waals surface area contributed by atoms with Crippen molar-refractivity contribution in [2.75, 3.05) is 13.1 Å². The molecule has 23 heavy (non-hydrogen) atoms. The van der Waals surface area contributed by atoms with Gasteiger partial charge in [0.2, 0.25) is 5.91 Å². The van der Waals surface area contributed by atoms with Gasteiger partial charge in [-0.25, -0.2) is 0 Å². The highest BCUT2D eigenvalue weighted by Crippen LogP contribution is 2.08. The number of nitrogens with one attached hydrogen (secondary N) is 1. The minimum atomic E-state index is -0.219. The van der Waals surface area contributed by atoms with Gasteiger partial charge < -0.3 is 16.0 Å². The highest BCUT2D eigenvalue weighted by atomic mass is 35.5.